The monoisotopic (exact) mass is 215 g/mol. The van der Waals surface area contributed by atoms with Gasteiger partial charge >= 0.3 is 0 Å². The molecule has 0 aliphatic carbocycles. The van der Waals surface area contributed by atoms with E-state index in [1.165, 1.54) is 0 Å². The second-order valence-electron chi connectivity index (χ2n) is 4.10. The lowest BCUT2D eigenvalue weighted by Gasteiger charge is -2.12. The number of aromatic nitrogens is 1. The fraction of sp³-hybridized carbons (Fsp3) is 0.231. The second kappa shape index (κ2) is 3.93. The van der Waals surface area contributed by atoms with E-state index >= 15 is 0 Å². The van der Waals surface area contributed by atoms with Gasteiger partial charge in [-0.15, -0.1) is 0 Å². The molecule has 3 nitrogen and oxygen atoms in total. The van der Waals surface area contributed by atoms with Crippen molar-refractivity contribution in [2.75, 3.05) is 0 Å². The van der Waals surface area contributed by atoms with Crippen LogP contribution < -0.4 is 0 Å². The summed E-state index contributed by atoms with van der Waals surface area (Å²) in [7, 11) is 0. The first kappa shape index (κ1) is 10.6. The van der Waals surface area contributed by atoms with Gasteiger partial charge < -0.3 is 5.11 Å². The van der Waals surface area contributed by atoms with Gasteiger partial charge in [0.25, 0.3) is 0 Å². The van der Waals surface area contributed by atoms with Gasteiger partial charge in [0.15, 0.2) is 6.29 Å². The van der Waals surface area contributed by atoms with Crippen LogP contribution in [0.25, 0.3) is 10.9 Å². The average molecular weight is 215 g/mol. The number of carbonyl (C=O) groups is 1. The van der Waals surface area contributed by atoms with Crippen LogP contribution in [0.3, 0.4) is 0 Å². The first-order chi connectivity index (χ1) is 7.63. The highest BCUT2D eigenvalue weighted by Gasteiger charge is 2.12. The molecule has 0 saturated heterocycles. The molecule has 1 aromatic carbocycles. The highest BCUT2D eigenvalue weighted by molar-refractivity contribution is 5.91. The quantitative estimate of drug-likeness (QED) is 0.783. The Morgan fingerprint density at radius 1 is 1.38 bits per heavy atom. The smallest absolute Gasteiger partial charge is 0.151 e. The van der Waals surface area contributed by atoms with E-state index in [-0.39, 0.29) is 11.7 Å². The number of benzene rings is 1. The molecule has 1 heterocycles. The molecule has 0 spiro atoms. The van der Waals surface area contributed by atoms with E-state index in [1.54, 1.807) is 24.4 Å². The summed E-state index contributed by atoms with van der Waals surface area (Å²) in [6, 6.07) is 5.01. The molecule has 0 aliphatic rings. The number of fused-ring (bicyclic) bond motifs is 1. The third-order valence-electron chi connectivity index (χ3n) is 2.63. The minimum atomic E-state index is 0.194. The zero-order valence-corrected chi connectivity index (χ0v) is 9.27. The van der Waals surface area contributed by atoms with Crippen LogP contribution in [-0.2, 0) is 0 Å². The lowest BCUT2D eigenvalue weighted by molar-refractivity contribution is 0.112. The van der Waals surface area contributed by atoms with E-state index < -0.39 is 0 Å². The van der Waals surface area contributed by atoms with Gasteiger partial charge in [0, 0.05) is 17.1 Å². The van der Waals surface area contributed by atoms with Gasteiger partial charge in [0.1, 0.15) is 5.75 Å². The number of rotatable bonds is 2. The predicted octanol–water partition coefficient (Wildman–Crippen LogP) is 2.88. The molecule has 0 bridgehead atoms. The molecule has 0 fully saturated rings. The van der Waals surface area contributed by atoms with Crippen molar-refractivity contribution in [3.63, 3.8) is 0 Å². The number of aldehydes is 1. The highest BCUT2D eigenvalue weighted by Crippen LogP contribution is 2.29. The van der Waals surface area contributed by atoms with Crippen LogP contribution in [0.5, 0.6) is 5.75 Å². The molecule has 82 valence electrons. The molecule has 16 heavy (non-hydrogen) atoms. The first-order valence-electron chi connectivity index (χ1n) is 5.20. The third-order valence-corrected chi connectivity index (χ3v) is 2.63. The molecular weight excluding hydrogens is 202 g/mol. The van der Waals surface area contributed by atoms with Crippen LogP contribution in [-0.4, -0.2) is 16.4 Å². The summed E-state index contributed by atoms with van der Waals surface area (Å²) in [4.78, 5) is 15.2. The van der Waals surface area contributed by atoms with Crippen LogP contribution in [0.15, 0.2) is 24.4 Å². The Bertz CT molecular complexity index is 547. The predicted molar refractivity (Wildman–Crippen MR) is 62.9 cm³/mol. The summed E-state index contributed by atoms with van der Waals surface area (Å²) in [5, 5.41) is 10.3. The summed E-state index contributed by atoms with van der Waals surface area (Å²) in [5.74, 6) is 0.409. The van der Waals surface area contributed by atoms with Gasteiger partial charge in [-0.05, 0) is 29.7 Å². The number of nitrogens with zero attached hydrogens (tertiary/aromatic N) is 1. The van der Waals surface area contributed by atoms with Gasteiger partial charge in [-0.3, -0.25) is 9.78 Å². The third kappa shape index (κ3) is 1.65. The van der Waals surface area contributed by atoms with Crippen molar-refractivity contribution in [3.05, 3.63) is 35.5 Å². The highest BCUT2D eigenvalue weighted by atomic mass is 16.3. The summed E-state index contributed by atoms with van der Waals surface area (Å²) >= 11 is 0. The van der Waals surface area contributed by atoms with Crippen molar-refractivity contribution < 1.29 is 9.90 Å². The minimum absolute atomic E-state index is 0.194. The molecule has 0 unspecified atom stereocenters. The molecule has 0 amide bonds. The number of phenolic OH excluding ortho intramolecular Hbond substituents is 1. The van der Waals surface area contributed by atoms with Crippen molar-refractivity contribution in [3.8, 4) is 5.75 Å². The van der Waals surface area contributed by atoms with E-state index in [1.807, 2.05) is 13.8 Å². The number of hydrogen-bond donors (Lipinski definition) is 1. The molecule has 0 radical (unpaired) electrons. The normalized spacial score (nSPS) is 10.9. The summed E-state index contributed by atoms with van der Waals surface area (Å²) in [6.45, 7) is 4.04. The SMILES string of the molecule is CC(C)c1c(C=O)cnc2ccc(O)cc12. The lowest BCUT2D eigenvalue weighted by atomic mass is 9.94. The Morgan fingerprint density at radius 2 is 2.12 bits per heavy atom. The largest absolute Gasteiger partial charge is 0.508 e. The maximum atomic E-state index is 11.0. The summed E-state index contributed by atoms with van der Waals surface area (Å²) in [5.41, 5.74) is 2.33. The van der Waals surface area contributed by atoms with E-state index in [4.69, 9.17) is 0 Å². The van der Waals surface area contributed by atoms with Crippen molar-refractivity contribution in [1.29, 1.82) is 0 Å². The topological polar surface area (TPSA) is 50.2 Å². The lowest BCUT2D eigenvalue weighted by Crippen LogP contribution is -1.98. The molecule has 2 rings (SSSR count). The number of pyridine rings is 1. The summed E-state index contributed by atoms with van der Waals surface area (Å²) in [6.07, 6.45) is 2.40. The standard InChI is InChI=1S/C13H13NO2/c1-8(2)13-9(7-15)6-14-12-4-3-10(16)5-11(12)13/h3-8,16H,1-2H3. The minimum Gasteiger partial charge on any atom is -0.508 e. The maximum Gasteiger partial charge on any atom is 0.151 e. The van der Waals surface area contributed by atoms with Crippen molar-refractivity contribution in [2.45, 2.75) is 19.8 Å². The first-order valence-corrected chi connectivity index (χ1v) is 5.20. The second-order valence-corrected chi connectivity index (χ2v) is 4.10. The van der Waals surface area contributed by atoms with Crippen molar-refractivity contribution >= 4 is 17.2 Å². The molecule has 2 aromatic rings. The molecular formula is C13H13NO2. The van der Waals surface area contributed by atoms with Gasteiger partial charge in [0.05, 0.1) is 5.52 Å². The molecule has 3 heteroatoms. The van der Waals surface area contributed by atoms with Crippen LogP contribution in [0, 0.1) is 0 Å². The Kier molecular flexibility index (Phi) is 2.60. The van der Waals surface area contributed by atoms with Crippen LogP contribution in [0.1, 0.15) is 35.7 Å². The molecule has 1 N–H and O–H groups in total. The Labute approximate surface area is 93.7 Å². The Morgan fingerprint density at radius 3 is 2.75 bits per heavy atom. The van der Waals surface area contributed by atoms with E-state index in [9.17, 15) is 9.90 Å². The Balaban J connectivity index is 2.86. The molecule has 0 atom stereocenters. The van der Waals surface area contributed by atoms with Crippen LogP contribution >= 0.6 is 0 Å². The summed E-state index contributed by atoms with van der Waals surface area (Å²) < 4.78 is 0. The fourth-order valence-corrected chi connectivity index (χ4v) is 1.95. The zero-order chi connectivity index (χ0) is 11.7. The average Bonchev–Trinajstić information content (AvgIpc) is 2.26. The Hall–Kier alpha value is -1.90. The van der Waals surface area contributed by atoms with E-state index in [0.717, 1.165) is 22.8 Å². The van der Waals surface area contributed by atoms with Gasteiger partial charge in [-0.1, -0.05) is 13.8 Å². The van der Waals surface area contributed by atoms with Gasteiger partial charge in [0.2, 0.25) is 0 Å². The molecule has 0 saturated carbocycles. The van der Waals surface area contributed by atoms with Crippen molar-refractivity contribution in [1.82, 2.24) is 4.98 Å². The number of hydrogen-bond acceptors (Lipinski definition) is 3. The number of carbonyl (C=O) groups excluding carboxylic acids is 1. The van der Waals surface area contributed by atoms with E-state index in [0.29, 0.717) is 5.56 Å². The maximum absolute atomic E-state index is 11.0. The van der Waals surface area contributed by atoms with Gasteiger partial charge in [-0.2, -0.15) is 0 Å². The van der Waals surface area contributed by atoms with Gasteiger partial charge in [-0.25, -0.2) is 0 Å². The van der Waals surface area contributed by atoms with Crippen LogP contribution in [0.4, 0.5) is 0 Å². The zero-order valence-electron chi connectivity index (χ0n) is 9.27. The molecule has 1 aromatic heterocycles. The fourth-order valence-electron chi connectivity index (χ4n) is 1.95. The van der Waals surface area contributed by atoms with Crippen molar-refractivity contribution in [2.24, 2.45) is 0 Å². The number of aromatic hydroxyl groups is 1. The van der Waals surface area contributed by atoms with E-state index in [2.05, 4.69) is 4.98 Å². The van der Waals surface area contributed by atoms with Crippen LogP contribution in [0.2, 0.25) is 0 Å². The molecule has 0 aliphatic heterocycles. The number of phenols is 1.